The smallest absolute Gasteiger partial charge is 0.191 e. The summed E-state index contributed by atoms with van der Waals surface area (Å²) in [6.45, 7) is 12.5. The summed E-state index contributed by atoms with van der Waals surface area (Å²) in [5.74, 6) is 1.38. The van der Waals surface area contributed by atoms with Gasteiger partial charge in [-0.2, -0.15) is 5.26 Å². The average Bonchev–Trinajstić information content (AvgIpc) is 2.27. The number of nitriles is 1. The van der Waals surface area contributed by atoms with Gasteiger partial charge in [0.25, 0.3) is 0 Å². The lowest BCUT2D eigenvalue weighted by molar-refractivity contribution is 0.172. The lowest BCUT2D eigenvalue weighted by Gasteiger charge is -2.38. The molecule has 1 saturated carbocycles. The molecule has 1 rings (SSSR count). The molecule has 1 fully saturated rings. The van der Waals surface area contributed by atoms with Crippen LogP contribution in [0.25, 0.3) is 0 Å². The molecule has 0 N–H and O–H groups in total. The molecule has 0 heterocycles. The molecule has 0 spiro atoms. The zero-order valence-electron chi connectivity index (χ0n) is 12.8. The summed E-state index contributed by atoms with van der Waals surface area (Å²) in [5.41, 5.74) is 0. The number of rotatable bonds is 4. The fourth-order valence-corrected chi connectivity index (χ4v) is 3.36. The number of nitrogens with zero attached hydrogens (tertiary/aromatic N) is 1. The van der Waals surface area contributed by atoms with Crippen LogP contribution in [0.5, 0.6) is 0 Å². The highest BCUT2D eigenvalue weighted by Gasteiger charge is 2.37. The lowest BCUT2D eigenvalue weighted by atomic mass is 9.81. The minimum atomic E-state index is -1.57. The highest BCUT2D eigenvalue weighted by molar-refractivity contribution is 6.74. The Labute approximate surface area is 114 Å². The van der Waals surface area contributed by atoms with Gasteiger partial charge in [0.15, 0.2) is 8.32 Å². The van der Waals surface area contributed by atoms with Gasteiger partial charge in [-0.25, -0.2) is 0 Å². The van der Waals surface area contributed by atoms with Crippen molar-refractivity contribution in [3.8, 4) is 6.07 Å². The van der Waals surface area contributed by atoms with Gasteiger partial charge in [0.2, 0.25) is 0 Å². The van der Waals surface area contributed by atoms with Gasteiger partial charge in [0.05, 0.1) is 6.07 Å². The van der Waals surface area contributed by atoms with E-state index in [2.05, 4.69) is 39.9 Å². The Kier molecular flexibility index (Phi) is 5.42. The van der Waals surface area contributed by atoms with Crippen molar-refractivity contribution in [2.75, 3.05) is 6.61 Å². The van der Waals surface area contributed by atoms with Crippen LogP contribution < -0.4 is 0 Å². The normalized spacial score (nSPS) is 25.8. The van der Waals surface area contributed by atoms with Crippen LogP contribution >= 0.6 is 0 Å². The molecule has 0 aromatic rings. The Morgan fingerprint density at radius 1 is 1.11 bits per heavy atom. The van der Waals surface area contributed by atoms with Gasteiger partial charge in [-0.05, 0) is 55.7 Å². The fourth-order valence-electron chi connectivity index (χ4n) is 2.27. The highest BCUT2D eigenvalue weighted by atomic mass is 28.4. The maximum Gasteiger partial charge on any atom is 0.191 e. The number of hydrogen-bond donors (Lipinski definition) is 0. The van der Waals surface area contributed by atoms with Gasteiger partial charge in [-0.3, -0.25) is 0 Å². The molecule has 1 aliphatic rings. The standard InChI is InChI=1S/C15H29NOSi/c1-15(2,3)18(4,5)17-12-14-8-6-13(7-9-14)10-11-16/h13-14H,6-10,12H2,1-5H3. The summed E-state index contributed by atoms with van der Waals surface area (Å²) in [7, 11) is -1.57. The van der Waals surface area contributed by atoms with Gasteiger partial charge in [0, 0.05) is 13.0 Å². The van der Waals surface area contributed by atoms with E-state index in [0.717, 1.165) is 18.9 Å². The van der Waals surface area contributed by atoms with Gasteiger partial charge < -0.3 is 4.43 Å². The van der Waals surface area contributed by atoms with E-state index in [-0.39, 0.29) is 0 Å². The average molecular weight is 267 g/mol. The van der Waals surface area contributed by atoms with Gasteiger partial charge in [-0.1, -0.05) is 20.8 Å². The van der Waals surface area contributed by atoms with Crippen LogP contribution in [-0.2, 0) is 4.43 Å². The predicted octanol–water partition coefficient (Wildman–Crippen LogP) is 4.73. The SMILES string of the molecule is CC(C)(C)[Si](C)(C)OCC1CCC(CC#N)CC1. The molecule has 0 aromatic heterocycles. The van der Waals surface area contributed by atoms with Crippen molar-refractivity contribution >= 4 is 8.32 Å². The van der Waals surface area contributed by atoms with E-state index in [9.17, 15) is 0 Å². The lowest BCUT2D eigenvalue weighted by Crippen LogP contribution is -2.42. The second-order valence-corrected chi connectivity index (χ2v) is 12.1. The van der Waals surface area contributed by atoms with E-state index in [0.29, 0.717) is 11.0 Å². The molecule has 104 valence electrons. The molecule has 3 heteroatoms. The second-order valence-electron chi connectivity index (χ2n) is 7.32. The van der Waals surface area contributed by atoms with E-state index in [1.807, 2.05) is 0 Å². The highest BCUT2D eigenvalue weighted by Crippen LogP contribution is 2.38. The molecule has 0 aliphatic heterocycles. The first-order chi connectivity index (χ1) is 8.26. The van der Waals surface area contributed by atoms with Gasteiger partial charge >= 0.3 is 0 Å². The molecule has 0 radical (unpaired) electrons. The summed E-state index contributed by atoms with van der Waals surface area (Å²) in [6, 6.07) is 2.30. The van der Waals surface area contributed by atoms with Crippen molar-refractivity contribution in [2.24, 2.45) is 11.8 Å². The third kappa shape index (κ3) is 4.40. The van der Waals surface area contributed by atoms with Crippen LogP contribution in [0.3, 0.4) is 0 Å². The van der Waals surface area contributed by atoms with E-state index in [1.165, 1.54) is 25.7 Å². The van der Waals surface area contributed by atoms with Crippen molar-refractivity contribution in [1.29, 1.82) is 5.26 Å². The molecule has 0 unspecified atom stereocenters. The molecule has 0 aromatic carbocycles. The summed E-state index contributed by atoms with van der Waals surface area (Å²) in [5, 5.41) is 9.03. The van der Waals surface area contributed by atoms with E-state index < -0.39 is 8.32 Å². The summed E-state index contributed by atoms with van der Waals surface area (Å²) in [4.78, 5) is 0. The Hall–Kier alpha value is -0.333. The van der Waals surface area contributed by atoms with Crippen molar-refractivity contribution in [3.63, 3.8) is 0 Å². The zero-order valence-corrected chi connectivity index (χ0v) is 13.8. The maximum atomic E-state index is 8.71. The van der Waals surface area contributed by atoms with Crippen LogP contribution in [0, 0.1) is 23.2 Å². The minimum absolute atomic E-state index is 0.311. The first-order valence-corrected chi connectivity index (χ1v) is 10.2. The molecule has 0 atom stereocenters. The van der Waals surface area contributed by atoms with Crippen LogP contribution in [0.15, 0.2) is 0 Å². The van der Waals surface area contributed by atoms with Gasteiger partial charge in [0.1, 0.15) is 0 Å². The van der Waals surface area contributed by atoms with Crippen molar-refractivity contribution < 1.29 is 4.43 Å². The van der Waals surface area contributed by atoms with Crippen molar-refractivity contribution in [3.05, 3.63) is 0 Å². The first kappa shape index (κ1) is 15.7. The second kappa shape index (κ2) is 6.21. The Morgan fingerprint density at radius 3 is 2.06 bits per heavy atom. The zero-order chi connectivity index (χ0) is 13.8. The topological polar surface area (TPSA) is 33.0 Å². The Bertz CT molecular complexity index is 293. The molecular weight excluding hydrogens is 238 g/mol. The van der Waals surface area contributed by atoms with E-state index >= 15 is 0 Å². The molecular formula is C15H29NOSi. The molecule has 2 nitrogen and oxygen atoms in total. The van der Waals surface area contributed by atoms with Crippen LogP contribution in [0.2, 0.25) is 18.1 Å². The van der Waals surface area contributed by atoms with Crippen LogP contribution in [0.4, 0.5) is 0 Å². The predicted molar refractivity (Wildman–Crippen MR) is 78.8 cm³/mol. The van der Waals surface area contributed by atoms with E-state index in [1.54, 1.807) is 0 Å². The summed E-state index contributed by atoms with van der Waals surface area (Å²) >= 11 is 0. The summed E-state index contributed by atoms with van der Waals surface area (Å²) in [6.07, 6.45) is 5.69. The maximum absolute atomic E-state index is 8.71. The molecule has 0 bridgehead atoms. The quantitative estimate of drug-likeness (QED) is 0.690. The third-order valence-electron chi connectivity index (χ3n) is 4.83. The minimum Gasteiger partial charge on any atom is -0.417 e. The van der Waals surface area contributed by atoms with Crippen LogP contribution in [-0.4, -0.2) is 14.9 Å². The Balaban J connectivity index is 2.32. The first-order valence-electron chi connectivity index (χ1n) is 7.27. The molecule has 18 heavy (non-hydrogen) atoms. The molecule has 0 saturated heterocycles. The van der Waals surface area contributed by atoms with E-state index in [4.69, 9.17) is 9.69 Å². The number of hydrogen-bond acceptors (Lipinski definition) is 2. The fraction of sp³-hybridized carbons (Fsp3) is 0.933. The van der Waals surface area contributed by atoms with Crippen molar-refractivity contribution in [1.82, 2.24) is 0 Å². The van der Waals surface area contributed by atoms with Crippen LogP contribution in [0.1, 0.15) is 52.9 Å². The van der Waals surface area contributed by atoms with Crippen molar-refractivity contribution in [2.45, 2.75) is 71.0 Å². The van der Waals surface area contributed by atoms with Gasteiger partial charge in [-0.15, -0.1) is 0 Å². The third-order valence-corrected chi connectivity index (χ3v) is 9.33. The monoisotopic (exact) mass is 267 g/mol. The summed E-state index contributed by atoms with van der Waals surface area (Å²) < 4.78 is 6.30. The molecule has 1 aliphatic carbocycles. The Morgan fingerprint density at radius 2 is 1.61 bits per heavy atom. The molecule has 0 amide bonds. The largest absolute Gasteiger partial charge is 0.417 e.